The van der Waals surface area contributed by atoms with Gasteiger partial charge in [-0.15, -0.1) is 6.58 Å². The van der Waals surface area contributed by atoms with Gasteiger partial charge in [-0.3, -0.25) is 0 Å². The highest BCUT2D eigenvalue weighted by atomic mass is 16.5. The van der Waals surface area contributed by atoms with Gasteiger partial charge in [-0.2, -0.15) is 0 Å². The summed E-state index contributed by atoms with van der Waals surface area (Å²) >= 11 is 0. The third-order valence-corrected chi connectivity index (χ3v) is 1.09. The predicted molar refractivity (Wildman–Crippen MR) is 50.5 cm³/mol. The number of benzene rings is 1. The van der Waals surface area contributed by atoms with Gasteiger partial charge < -0.3 is 9.84 Å². The van der Waals surface area contributed by atoms with E-state index in [-0.39, 0.29) is 5.75 Å². The first-order valence-corrected chi connectivity index (χ1v) is 3.65. The highest BCUT2D eigenvalue weighted by Crippen LogP contribution is 2.22. The average molecular weight is 166 g/mol. The lowest BCUT2D eigenvalue weighted by atomic mass is 10.3. The van der Waals surface area contributed by atoms with E-state index in [0.717, 1.165) is 0 Å². The summed E-state index contributed by atoms with van der Waals surface area (Å²) in [6, 6.07) is 6.84. The number of phenolic OH excluding ortho intramolecular Hbond substituents is 1. The number of hydrogen-bond acceptors (Lipinski definition) is 2. The molecule has 0 fully saturated rings. The minimum absolute atomic E-state index is 0.181. The molecule has 0 unspecified atom stereocenters. The standard InChI is InChI=1S/C7H8O2.C3H6/c1-9-7-5-3-2-4-6(7)8;1-3-2/h2-5,8H,1H3;3H,1H2,2H3. The van der Waals surface area contributed by atoms with Crippen LogP contribution in [0, 0.1) is 0 Å². The molecule has 0 aromatic heterocycles. The molecule has 0 spiro atoms. The Morgan fingerprint density at radius 2 is 1.92 bits per heavy atom. The second-order valence-corrected chi connectivity index (χ2v) is 2.08. The van der Waals surface area contributed by atoms with Crippen LogP contribution in [0.25, 0.3) is 0 Å². The molecule has 0 aliphatic rings. The van der Waals surface area contributed by atoms with Crippen molar-refractivity contribution in [2.75, 3.05) is 7.11 Å². The van der Waals surface area contributed by atoms with Gasteiger partial charge >= 0.3 is 0 Å². The van der Waals surface area contributed by atoms with Gasteiger partial charge in [-0.05, 0) is 19.1 Å². The van der Waals surface area contributed by atoms with Crippen molar-refractivity contribution in [2.24, 2.45) is 0 Å². The number of rotatable bonds is 1. The van der Waals surface area contributed by atoms with Crippen LogP contribution in [0.2, 0.25) is 0 Å². The van der Waals surface area contributed by atoms with Gasteiger partial charge in [0.05, 0.1) is 7.11 Å². The zero-order chi connectivity index (χ0) is 9.40. The molecule has 12 heavy (non-hydrogen) atoms. The maximum Gasteiger partial charge on any atom is 0.160 e. The molecule has 1 aromatic carbocycles. The molecule has 0 aliphatic carbocycles. The molecule has 0 bridgehead atoms. The summed E-state index contributed by atoms with van der Waals surface area (Å²) in [6.45, 7) is 5.25. The largest absolute Gasteiger partial charge is 0.504 e. The molecule has 1 aromatic rings. The van der Waals surface area contributed by atoms with Crippen LogP contribution in [0.4, 0.5) is 0 Å². The predicted octanol–water partition coefficient (Wildman–Crippen LogP) is 2.59. The Morgan fingerprint density at radius 3 is 2.25 bits per heavy atom. The van der Waals surface area contributed by atoms with Gasteiger partial charge in [-0.1, -0.05) is 18.2 Å². The van der Waals surface area contributed by atoms with Crippen LogP contribution in [0.3, 0.4) is 0 Å². The summed E-state index contributed by atoms with van der Waals surface area (Å²) in [5.74, 6) is 0.692. The monoisotopic (exact) mass is 166 g/mol. The fourth-order valence-electron chi connectivity index (χ4n) is 0.630. The molecule has 1 N–H and O–H groups in total. The molecule has 2 heteroatoms. The topological polar surface area (TPSA) is 29.5 Å². The number of aromatic hydroxyl groups is 1. The van der Waals surface area contributed by atoms with E-state index in [1.165, 1.54) is 7.11 Å². The van der Waals surface area contributed by atoms with Crippen LogP contribution in [0.15, 0.2) is 36.9 Å². The molecule has 0 atom stereocenters. The summed E-state index contributed by atoms with van der Waals surface area (Å²) < 4.78 is 4.79. The van der Waals surface area contributed by atoms with E-state index in [9.17, 15) is 0 Å². The minimum atomic E-state index is 0.181. The van der Waals surface area contributed by atoms with Crippen LogP contribution >= 0.6 is 0 Å². The fraction of sp³-hybridized carbons (Fsp3) is 0.200. The fourth-order valence-corrected chi connectivity index (χ4v) is 0.630. The number of allylic oxidation sites excluding steroid dienone is 1. The second-order valence-electron chi connectivity index (χ2n) is 2.08. The SMILES string of the molecule is C=CC.COc1ccccc1O. The van der Waals surface area contributed by atoms with Crippen molar-refractivity contribution in [3.63, 3.8) is 0 Å². The maximum atomic E-state index is 8.99. The number of para-hydroxylation sites is 2. The Labute approximate surface area is 73.1 Å². The first-order valence-electron chi connectivity index (χ1n) is 3.65. The molecule has 2 nitrogen and oxygen atoms in total. The molecule has 0 amide bonds. The van der Waals surface area contributed by atoms with Gasteiger partial charge in [0.25, 0.3) is 0 Å². The molecule has 0 saturated heterocycles. The van der Waals surface area contributed by atoms with Gasteiger partial charge in [0.1, 0.15) is 0 Å². The molecule has 0 aliphatic heterocycles. The van der Waals surface area contributed by atoms with Crippen molar-refractivity contribution in [2.45, 2.75) is 6.92 Å². The molecule has 0 heterocycles. The Hall–Kier alpha value is -1.44. The number of methoxy groups -OCH3 is 1. The van der Waals surface area contributed by atoms with Crippen molar-refractivity contribution >= 4 is 0 Å². The number of phenols is 1. The van der Waals surface area contributed by atoms with Crippen LogP contribution in [-0.2, 0) is 0 Å². The molecule has 1 rings (SSSR count). The molecular weight excluding hydrogens is 152 g/mol. The van der Waals surface area contributed by atoms with Gasteiger partial charge in [0.2, 0.25) is 0 Å². The molecule has 0 radical (unpaired) electrons. The third kappa shape index (κ3) is 3.66. The van der Waals surface area contributed by atoms with Crippen molar-refractivity contribution in [1.29, 1.82) is 0 Å². The number of hydrogen-bond donors (Lipinski definition) is 1. The normalized spacial score (nSPS) is 7.83. The number of ether oxygens (including phenoxy) is 1. The van der Waals surface area contributed by atoms with Gasteiger partial charge in [0.15, 0.2) is 11.5 Å². The van der Waals surface area contributed by atoms with Gasteiger partial charge in [0, 0.05) is 0 Å². The van der Waals surface area contributed by atoms with E-state index in [0.29, 0.717) is 5.75 Å². The summed E-state index contributed by atoms with van der Waals surface area (Å²) in [6.07, 6.45) is 1.75. The van der Waals surface area contributed by atoms with Gasteiger partial charge in [-0.25, -0.2) is 0 Å². The van der Waals surface area contributed by atoms with Crippen molar-refractivity contribution in [1.82, 2.24) is 0 Å². The highest BCUT2D eigenvalue weighted by Gasteiger charge is 1.94. The van der Waals surface area contributed by atoms with E-state index in [1.807, 2.05) is 6.92 Å². The van der Waals surface area contributed by atoms with Crippen molar-refractivity contribution in [3.8, 4) is 11.5 Å². The lowest BCUT2D eigenvalue weighted by Gasteiger charge is -1.99. The highest BCUT2D eigenvalue weighted by molar-refractivity contribution is 5.37. The van der Waals surface area contributed by atoms with Crippen LogP contribution < -0.4 is 4.74 Å². The summed E-state index contributed by atoms with van der Waals surface area (Å²) in [5.41, 5.74) is 0. The second kappa shape index (κ2) is 6.28. The zero-order valence-electron chi connectivity index (χ0n) is 7.45. The third-order valence-electron chi connectivity index (χ3n) is 1.09. The quantitative estimate of drug-likeness (QED) is 0.650. The summed E-state index contributed by atoms with van der Waals surface area (Å²) in [4.78, 5) is 0. The van der Waals surface area contributed by atoms with Crippen LogP contribution in [0.5, 0.6) is 11.5 Å². The molecule has 66 valence electrons. The van der Waals surface area contributed by atoms with E-state index in [4.69, 9.17) is 9.84 Å². The smallest absolute Gasteiger partial charge is 0.160 e. The molecule has 0 saturated carbocycles. The van der Waals surface area contributed by atoms with Crippen molar-refractivity contribution < 1.29 is 9.84 Å². The Morgan fingerprint density at radius 1 is 1.42 bits per heavy atom. The Balaban J connectivity index is 0.000000354. The average Bonchev–Trinajstić information content (AvgIpc) is 2.07. The summed E-state index contributed by atoms with van der Waals surface area (Å²) in [5, 5.41) is 8.99. The zero-order valence-corrected chi connectivity index (χ0v) is 7.45. The van der Waals surface area contributed by atoms with Crippen LogP contribution in [0.1, 0.15) is 6.92 Å². The minimum Gasteiger partial charge on any atom is -0.504 e. The Kier molecular flexibility index (Phi) is 5.53. The lowest BCUT2D eigenvalue weighted by Crippen LogP contribution is -1.80. The molecular formula is C10H14O2. The van der Waals surface area contributed by atoms with E-state index in [1.54, 1.807) is 30.3 Å². The Bertz CT molecular complexity index is 231. The van der Waals surface area contributed by atoms with E-state index >= 15 is 0 Å². The maximum absolute atomic E-state index is 8.99. The van der Waals surface area contributed by atoms with Crippen molar-refractivity contribution in [3.05, 3.63) is 36.9 Å². The first kappa shape index (κ1) is 10.6. The van der Waals surface area contributed by atoms with E-state index in [2.05, 4.69) is 6.58 Å². The first-order chi connectivity index (χ1) is 5.76. The van der Waals surface area contributed by atoms with Crippen LogP contribution in [-0.4, -0.2) is 12.2 Å². The lowest BCUT2D eigenvalue weighted by molar-refractivity contribution is 0.373. The van der Waals surface area contributed by atoms with E-state index < -0.39 is 0 Å². The summed E-state index contributed by atoms with van der Waals surface area (Å²) in [7, 11) is 1.52.